The summed E-state index contributed by atoms with van der Waals surface area (Å²) in [6.07, 6.45) is -10.3. The molecule has 33 heavy (non-hydrogen) atoms. The molecule has 0 aliphatic heterocycles. The predicted octanol–water partition coefficient (Wildman–Crippen LogP) is 5.97. The number of carbonyl (C=O) groups is 1. The standard InChI is InChI=1S/C22H24F6N2O2.ClH/c1-20(2,30(3)4)18(13-9-7-6-8-10-13)29-19(31)17-15(22(26,27)28)11-14(21(23,24)25)12-16(17)32-5;/h6-12,18H,1-5H3,(H,29,31);1H. The van der Waals surface area contributed by atoms with Crippen molar-refractivity contribution >= 4 is 18.3 Å². The van der Waals surface area contributed by atoms with Crippen LogP contribution in [0, 0.1) is 0 Å². The minimum absolute atomic E-state index is 0. The summed E-state index contributed by atoms with van der Waals surface area (Å²) in [5, 5.41) is 2.57. The molecule has 1 amide bonds. The Morgan fingerprint density at radius 1 is 0.970 bits per heavy atom. The van der Waals surface area contributed by atoms with Crippen molar-refractivity contribution in [3.63, 3.8) is 0 Å². The van der Waals surface area contributed by atoms with Crippen LogP contribution in [0.25, 0.3) is 0 Å². The Hall–Kier alpha value is -2.46. The first kappa shape index (κ1) is 28.6. The van der Waals surface area contributed by atoms with Crippen molar-refractivity contribution < 1.29 is 35.9 Å². The fourth-order valence-electron chi connectivity index (χ4n) is 3.17. The molecule has 11 heteroatoms. The second-order valence-electron chi connectivity index (χ2n) is 7.96. The van der Waals surface area contributed by atoms with Crippen LogP contribution in [0.15, 0.2) is 42.5 Å². The van der Waals surface area contributed by atoms with E-state index in [0.717, 1.165) is 7.11 Å². The van der Waals surface area contributed by atoms with E-state index < -0.39 is 52.3 Å². The van der Waals surface area contributed by atoms with Crippen LogP contribution >= 0.6 is 12.4 Å². The molecule has 2 aromatic rings. The SMILES string of the molecule is COc1cc(C(F)(F)F)cc(C(F)(F)F)c1C(=O)NC(c1ccccc1)C(C)(C)N(C)C.Cl. The lowest BCUT2D eigenvalue weighted by atomic mass is 9.87. The fourth-order valence-corrected chi connectivity index (χ4v) is 3.17. The van der Waals surface area contributed by atoms with Crippen molar-refractivity contribution in [2.75, 3.05) is 21.2 Å². The molecule has 0 heterocycles. The maximum Gasteiger partial charge on any atom is 0.417 e. The van der Waals surface area contributed by atoms with Crippen molar-refractivity contribution in [2.45, 2.75) is 37.8 Å². The molecule has 1 unspecified atom stereocenters. The molecule has 0 aliphatic carbocycles. The smallest absolute Gasteiger partial charge is 0.417 e. The van der Waals surface area contributed by atoms with Crippen molar-refractivity contribution in [1.82, 2.24) is 10.2 Å². The number of benzene rings is 2. The number of alkyl halides is 6. The van der Waals surface area contributed by atoms with Gasteiger partial charge in [0.25, 0.3) is 5.91 Å². The summed E-state index contributed by atoms with van der Waals surface area (Å²) in [7, 11) is 4.38. The van der Waals surface area contributed by atoms with E-state index in [4.69, 9.17) is 4.74 Å². The van der Waals surface area contributed by atoms with Gasteiger partial charge in [0.15, 0.2) is 0 Å². The van der Waals surface area contributed by atoms with Gasteiger partial charge in [-0.1, -0.05) is 30.3 Å². The molecule has 0 saturated heterocycles. The van der Waals surface area contributed by atoms with Gasteiger partial charge in [-0.2, -0.15) is 26.3 Å². The van der Waals surface area contributed by atoms with E-state index in [1.54, 1.807) is 63.2 Å². The van der Waals surface area contributed by atoms with Gasteiger partial charge in [-0.3, -0.25) is 4.79 Å². The summed E-state index contributed by atoms with van der Waals surface area (Å²) in [5.74, 6) is -2.02. The number of halogens is 7. The number of likely N-dealkylation sites (N-methyl/N-ethyl adjacent to an activating group) is 1. The number of hydrogen-bond donors (Lipinski definition) is 1. The third-order valence-corrected chi connectivity index (χ3v) is 5.45. The third kappa shape index (κ3) is 6.32. The lowest BCUT2D eigenvalue weighted by Crippen LogP contribution is -2.51. The van der Waals surface area contributed by atoms with E-state index in [0.29, 0.717) is 11.6 Å². The summed E-state index contributed by atoms with van der Waals surface area (Å²) in [6.45, 7) is 3.55. The Bertz CT molecular complexity index is 960. The number of carbonyl (C=O) groups excluding carboxylic acids is 1. The highest BCUT2D eigenvalue weighted by molar-refractivity contribution is 5.99. The van der Waals surface area contributed by atoms with E-state index in [1.165, 1.54) is 0 Å². The largest absolute Gasteiger partial charge is 0.496 e. The minimum atomic E-state index is -5.22. The van der Waals surface area contributed by atoms with Gasteiger partial charge in [0, 0.05) is 5.54 Å². The fraction of sp³-hybridized carbons (Fsp3) is 0.409. The lowest BCUT2D eigenvalue weighted by molar-refractivity contribution is -0.143. The lowest BCUT2D eigenvalue weighted by Gasteiger charge is -2.41. The highest BCUT2D eigenvalue weighted by Gasteiger charge is 2.43. The van der Waals surface area contributed by atoms with Crippen LogP contribution in [0.2, 0.25) is 0 Å². The van der Waals surface area contributed by atoms with Crippen LogP contribution in [-0.2, 0) is 12.4 Å². The molecule has 184 valence electrons. The first-order chi connectivity index (χ1) is 14.6. The minimum Gasteiger partial charge on any atom is -0.496 e. The first-order valence-electron chi connectivity index (χ1n) is 9.50. The number of nitrogens with zero attached hydrogens (tertiary/aromatic N) is 1. The summed E-state index contributed by atoms with van der Waals surface area (Å²) >= 11 is 0. The zero-order valence-electron chi connectivity index (χ0n) is 18.6. The molecular formula is C22H25ClF6N2O2. The highest BCUT2D eigenvalue weighted by Crippen LogP contribution is 2.42. The molecular weight excluding hydrogens is 474 g/mol. The van der Waals surface area contributed by atoms with Gasteiger partial charge in [-0.15, -0.1) is 12.4 Å². The molecule has 0 saturated carbocycles. The van der Waals surface area contributed by atoms with Gasteiger partial charge in [-0.25, -0.2) is 0 Å². The molecule has 0 spiro atoms. The zero-order valence-corrected chi connectivity index (χ0v) is 19.4. The van der Waals surface area contributed by atoms with E-state index in [1.807, 2.05) is 0 Å². The number of methoxy groups -OCH3 is 1. The molecule has 0 aliphatic rings. The van der Waals surface area contributed by atoms with Gasteiger partial charge >= 0.3 is 12.4 Å². The van der Waals surface area contributed by atoms with Crippen molar-refractivity contribution in [2.24, 2.45) is 0 Å². The van der Waals surface area contributed by atoms with E-state index in [2.05, 4.69) is 5.32 Å². The van der Waals surface area contributed by atoms with Gasteiger partial charge in [0.1, 0.15) is 5.75 Å². The van der Waals surface area contributed by atoms with Crippen molar-refractivity contribution in [3.8, 4) is 5.75 Å². The maximum absolute atomic E-state index is 13.7. The molecule has 0 radical (unpaired) electrons. The van der Waals surface area contributed by atoms with E-state index in [9.17, 15) is 31.1 Å². The Morgan fingerprint density at radius 2 is 1.52 bits per heavy atom. The quantitative estimate of drug-likeness (QED) is 0.499. The second-order valence-corrected chi connectivity index (χ2v) is 7.96. The molecule has 0 aromatic heterocycles. The van der Waals surface area contributed by atoms with Crippen LogP contribution in [-0.4, -0.2) is 37.6 Å². The number of nitrogens with one attached hydrogen (secondary N) is 1. The topological polar surface area (TPSA) is 41.6 Å². The normalized spacial score (nSPS) is 13.3. The predicted molar refractivity (Wildman–Crippen MR) is 115 cm³/mol. The number of ether oxygens (including phenoxy) is 1. The van der Waals surface area contributed by atoms with Crippen LogP contribution in [0.4, 0.5) is 26.3 Å². The number of amides is 1. The van der Waals surface area contributed by atoms with Gasteiger partial charge in [-0.05, 0) is 45.6 Å². The zero-order chi connectivity index (χ0) is 24.5. The Labute approximate surface area is 194 Å². The summed E-state index contributed by atoms with van der Waals surface area (Å²) < 4.78 is 85.4. The van der Waals surface area contributed by atoms with Crippen molar-refractivity contribution in [1.29, 1.82) is 0 Å². The molecule has 0 bridgehead atoms. The van der Waals surface area contributed by atoms with Crippen LogP contribution < -0.4 is 10.1 Å². The van der Waals surface area contributed by atoms with Crippen LogP contribution in [0.1, 0.15) is 46.9 Å². The Kier molecular flexibility index (Phi) is 8.84. The van der Waals surface area contributed by atoms with Gasteiger partial charge in [0.05, 0.1) is 29.8 Å². The molecule has 1 atom stereocenters. The first-order valence-corrected chi connectivity index (χ1v) is 9.50. The Balaban J connectivity index is 0.00000544. The second kappa shape index (κ2) is 10.2. The molecule has 4 nitrogen and oxygen atoms in total. The van der Waals surface area contributed by atoms with E-state index >= 15 is 0 Å². The number of rotatable bonds is 6. The Morgan fingerprint density at radius 3 is 1.94 bits per heavy atom. The third-order valence-electron chi connectivity index (χ3n) is 5.45. The summed E-state index contributed by atoms with van der Waals surface area (Å²) in [5.41, 5.74) is -4.46. The maximum atomic E-state index is 13.7. The highest BCUT2D eigenvalue weighted by atomic mass is 35.5. The average molecular weight is 499 g/mol. The monoisotopic (exact) mass is 498 g/mol. The van der Waals surface area contributed by atoms with Crippen LogP contribution in [0.3, 0.4) is 0 Å². The van der Waals surface area contributed by atoms with Crippen molar-refractivity contribution in [3.05, 3.63) is 64.7 Å². The van der Waals surface area contributed by atoms with Crippen LogP contribution in [0.5, 0.6) is 5.75 Å². The van der Waals surface area contributed by atoms with E-state index in [-0.39, 0.29) is 18.5 Å². The number of hydrogen-bond acceptors (Lipinski definition) is 3. The molecule has 2 aromatic carbocycles. The molecule has 0 fully saturated rings. The summed E-state index contributed by atoms with van der Waals surface area (Å²) in [6, 6.07) is 8.08. The molecule has 1 N–H and O–H groups in total. The average Bonchev–Trinajstić information content (AvgIpc) is 2.69. The molecule has 2 rings (SSSR count). The van der Waals surface area contributed by atoms with Gasteiger partial charge in [0.2, 0.25) is 0 Å². The van der Waals surface area contributed by atoms with Gasteiger partial charge < -0.3 is 15.0 Å². The summed E-state index contributed by atoms with van der Waals surface area (Å²) in [4.78, 5) is 14.9.